The number of amides is 2. The summed E-state index contributed by atoms with van der Waals surface area (Å²) in [6.07, 6.45) is 1.96. The number of rotatable bonds is 8. The number of nitrogens with two attached hydrogens (primary N) is 1. The van der Waals surface area contributed by atoms with Crippen molar-refractivity contribution in [3.63, 3.8) is 0 Å². The number of anilines is 1. The third kappa shape index (κ3) is 7.57. The van der Waals surface area contributed by atoms with Gasteiger partial charge in [-0.3, -0.25) is 19.7 Å². The van der Waals surface area contributed by atoms with Gasteiger partial charge in [-0.25, -0.2) is 0 Å². The summed E-state index contributed by atoms with van der Waals surface area (Å²) >= 11 is 0. The van der Waals surface area contributed by atoms with Gasteiger partial charge < -0.3 is 16.4 Å². The highest BCUT2D eigenvalue weighted by Gasteiger charge is 2.19. The zero-order valence-corrected chi connectivity index (χ0v) is 13.6. The minimum atomic E-state index is -0.653. The Morgan fingerprint density at radius 2 is 1.87 bits per heavy atom. The van der Waals surface area contributed by atoms with Crippen LogP contribution in [0.1, 0.15) is 26.2 Å². The zero-order valence-electron chi connectivity index (χ0n) is 12.8. The lowest BCUT2D eigenvalue weighted by molar-refractivity contribution is -0.384. The molecule has 1 unspecified atom stereocenters. The summed E-state index contributed by atoms with van der Waals surface area (Å²) in [6, 6.07) is 4.84. The molecule has 0 aliphatic heterocycles. The predicted molar refractivity (Wildman–Crippen MR) is 89.5 cm³/mol. The van der Waals surface area contributed by atoms with Crippen molar-refractivity contribution in [2.24, 2.45) is 5.73 Å². The molecule has 8 nitrogen and oxygen atoms in total. The van der Waals surface area contributed by atoms with E-state index < -0.39 is 11.0 Å². The molecule has 0 fully saturated rings. The first-order valence-corrected chi connectivity index (χ1v) is 6.96. The number of carbonyl (C=O) groups is 2. The summed E-state index contributed by atoms with van der Waals surface area (Å²) < 4.78 is 0. The Balaban J connectivity index is 0.00000484. The van der Waals surface area contributed by atoms with Crippen LogP contribution in [0.5, 0.6) is 0 Å². The first-order valence-electron chi connectivity index (χ1n) is 6.96. The number of unbranched alkanes of at least 4 members (excludes halogenated alkanes) is 1. The number of carbonyl (C=O) groups excluding carboxylic acids is 2. The van der Waals surface area contributed by atoms with Crippen molar-refractivity contribution < 1.29 is 14.5 Å². The lowest BCUT2D eigenvalue weighted by atomic mass is 10.1. The third-order valence-electron chi connectivity index (χ3n) is 2.99. The average Bonchev–Trinajstić information content (AvgIpc) is 2.46. The molecule has 0 saturated carbocycles. The molecule has 2 amide bonds. The van der Waals surface area contributed by atoms with Gasteiger partial charge in [0.2, 0.25) is 11.8 Å². The molecule has 0 radical (unpaired) electrons. The number of nitrogens with zero attached hydrogens (tertiary/aromatic N) is 1. The van der Waals surface area contributed by atoms with Gasteiger partial charge in [0.25, 0.3) is 5.69 Å². The lowest BCUT2D eigenvalue weighted by Gasteiger charge is -2.17. The number of non-ortho nitro benzene ring substituents is 1. The summed E-state index contributed by atoms with van der Waals surface area (Å²) in [6.45, 7) is 1.87. The van der Waals surface area contributed by atoms with Crippen molar-refractivity contribution in [3.8, 4) is 0 Å². The van der Waals surface area contributed by atoms with Gasteiger partial charge in [0.1, 0.15) is 6.04 Å². The minimum absolute atomic E-state index is 0. The van der Waals surface area contributed by atoms with Crippen molar-refractivity contribution in [1.82, 2.24) is 5.32 Å². The van der Waals surface area contributed by atoms with E-state index in [1.54, 1.807) is 0 Å². The fourth-order valence-corrected chi connectivity index (χ4v) is 1.90. The molecule has 0 heterocycles. The molecule has 0 saturated heterocycles. The summed E-state index contributed by atoms with van der Waals surface area (Å²) in [5.41, 5.74) is 5.79. The second-order valence-corrected chi connectivity index (χ2v) is 4.83. The Morgan fingerprint density at radius 1 is 1.26 bits per heavy atom. The lowest BCUT2D eigenvalue weighted by Crippen LogP contribution is -2.42. The molecule has 0 aromatic heterocycles. The van der Waals surface area contributed by atoms with Crippen LogP contribution in [0.2, 0.25) is 0 Å². The molecule has 4 N–H and O–H groups in total. The fourth-order valence-electron chi connectivity index (χ4n) is 1.90. The van der Waals surface area contributed by atoms with Gasteiger partial charge >= 0.3 is 0 Å². The number of hydrogen-bond donors (Lipinski definition) is 3. The molecule has 1 atom stereocenters. The van der Waals surface area contributed by atoms with Crippen LogP contribution in [0.15, 0.2) is 24.3 Å². The van der Waals surface area contributed by atoms with Crippen LogP contribution in [-0.4, -0.2) is 29.3 Å². The standard InChI is InChI=1S/C14H20N4O4.ClH/c1-10(19)16-13(4-2-3-9-15)14(20)17-11-5-7-12(8-6-11)18(21)22;/h5-8,13H,2-4,9,15H2,1H3,(H,16,19)(H,17,20);1H. The summed E-state index contributed by atoms with van der Waals surface area (Å²) in [5.74, 6) is -0.655. The Labute approximate surface area is 140 Å². The van der Waals surface area contributed by atoms with E-state index in [0.29, 0.717) is 18.7 Å². The topological polar surface area (TPSA) is 127 Å². The Bertz CT molecular complexity index is 536. The molecule has 0 aliphatic carbocycles. The van der Waals surface area contributed by atoms with E-state index in [1.165, 1.54) is 31.2 Å². The molecular weight excluding hydrogens is 324 g/mol. The van der Waals surface area contributed by atoms with Crippen LogP contribution in [0.4, 0.5) is 11.4 Å². The van der Waals surface area contributed by atoms with Gasteiger partial charge in [-0.1, -0.05) is 0 Å². The smallest absolute Gasteiger partial charge is 0.269 e. The van der Waals surface area contributed by atoms with Gasteiger partial charge in [-0.15, -0.1) is 12.4 Å². The van der Waals surface area contributed by atoms with Gasteiger partial charge in [0, 0.05) is 24.7 Å². The van der Waals surface area contributed by atoms with E-state index in [1.807, 2.05) is 0 Å². The number of nitrogens with one attached hydrogen (secondary N) is 2. The maximum Gasteiger partial charge on any atom is 0.269 e. The SMILES string of the molecule is CC(=O)NC(CCCCN)C(=O)Nc1ccc([N+](=O)[O-])cc1.Cl. The third-order valence-corrected chi connectivity index (χ3v) is 2.99. The average molecular weight is 345 g/mol. The van der Waals surface area contributed by atoms with Gasteiger partial charge in [0.05, 0.1) is 4.92 Å². The maximum atomic E-state index is 12.2. The van der Waals surface area contributed by atoms with Crippen LogP contribution >= 0.6 is 12.4 Å². The molecule has 9 heteroatoms. The molecular formula is C14H21ClN4O4. The van der Waals surface area contributed by atoms with Crippen LogP contribution in [0, 0.1) is 10.1 Å². The highest BCUT2D eigenvalue weighted by Crippen LogP contribution is 2.16. The zero-order chi connectivity index (χ0) is 16.5. The Kier molecular flexibility index (Phi) is 9.52. The maximum absolute atomic E-state index is 12.2. The monoisotopic (exact) mass is 344 g/mol. The van der Waals surface area contributed by atoms with Crippen LogP contribution in [0.3, 0.4) is 0 Å². The van der Waals surface area contributed by atoms with Gasteiger partial charge in [0.15, 0.2) is 0 Å². The Morgan fingerprint density at radius 3 is 2.35 bits per heavy atom. The molecule has 0 spiro atoms. The van der Waals surface area contributed by atoms with E-state index in [-0.39, 0.29) is 29.9 Å². The van der Waals surface area contributed by atoms with Crippen molar-refractivity contribution in [2.75, 3.05) is 11.9 Å². The van der Waals surface area contributed by atoms with Crippen molar-refractivity contribution in [1.29, 1.82) is 0 Å². The van der Waals surface area contributed by atoms with Crippen molar-refractivity contribution >= 4 is 35.6 Å². The van der Waals surface area contributed by atoms with E-state index in [9.17, 15) is 19.7 Å². The quantitative estimate of drug-likeness (QED) is 0.375. The molecule has 1 aromatic rings. The number of nitro benzene ring substituents is 1. The van der Waals surface area contributed by atoms with Gasteiger partial charge in [-0.05, 0) is 37.9 Å². The summed E-state index contributed by atoms with van der Waals surface area (Å²) in [5, 5.41) is 15.8. The summed E-state index contributed by atoms with van der Waals surface area (Å²) in [7, 11) is 0. The molecule has 1 aromatic carbocycles. The first-order chi connectivity index (χ1) is 10.4. The predicted octanol–water partition coefficient (Wildman–Crippen LogP) is 1.59. The largest absolute Gasteiger partial charge is 0.345 e. The van der Waals surface area contributed by atoms with Crippen LogP contribution in [0.25, 0.3) is 0 Å². The molecule has 0 aliphatic rings. The van der Waals surface area contributed by atoms with E-state index in [2.05, 4.69) is 10.6 Å². The van der Waals surface area contributed by atoms with Crippen LogP contribution in [-0.2, 0) is 9.59 Å². The number of hydrogen-bond acceptors (Lipinski definition) is 5. The molecule has 1 rings (SSSR count). The number of halogens is 1. The normalized spacial score (nSPS) is 11.0. The summed E-state index contributed by atoms with van der Waals surface area (Å²) in [4.78, 5) is 33.4. The van der Waals surface area contributed by atoms with Gasteiger partial charge in [-0.2, -0.15) is 0 Å². The fraction of sp³-hybridized carbons (Fsp3) is 0.429. The molecule has 0 bridgehead atoms. The number of nitro groups is 1. The van der Waals surface area contributed by atoms with Crippen molar-refractivity contribution in [2.45, 2.75) is 32.2 Å². The Hall–Kier alpha value is -2.19. The molecule has 128 valence electrons. The van der Waals surface area contributed by atoms with Crippen molar-refractivity contribution in [3.05, 3.63) is 34.4 Å². The second kappa shape index (κ2) is 10.5. The van der Waals surface area contributed by atoms with E-state index in [4.69, 9.17) is 5.73 Å². The first kappa shape index (κ1) is 20.8. The van der Waals surface area contributed by atoms with Crippen LogP contribution < -0.4 is 16.4 Å². The van der Waals surface area contributed by atoms with E-state index in [0.717, 1.165) is 12.8 Å². The van der Waals surface area contributed by atoms with E-state index >= 15 is 0 Å². The highest BCUT2D eigenvalue weighted by molar-refractivity contribution is 5.96. The number of benzene rings is 1. The molecule has 23 heavy (non-hydrogen) atoms. The highest BCUT2D eigenvalue weighted by atomic mass is 35.5. The second-order valence-electron chi connectivity index (χ2n) is 4.83. The minimum Gasteiger partial charge on any atom is -0.345 e.